The number of nitrogens with one attached hydrogen (secondary N) is 1. The van der Waals surface area contributed by atoms with E-state index < -0.39 is 6.17 Å². The molecular formula is C22H25FN6O. The lowest BCUT2D eigenvalue weighted by Gasteiger charge is -2.26. The molecule has 2 fully saturated rings. The second-order valence-electron chi connectivity index (χ2n) is 8.01. The van der Waals surface area contributed by atoms with Crippen molar-refractivity contribution >= 4 is 29.2 Å². The van der Waals surface area contributed by atoms with Gasteiger partial charge in [0, 0.05) is 42.8 Å². The molecule has 2 aliphatic heterocycles. The zero-order valence-electron chi connectivity index (χ0n) is 16.8. The molecule has 1 aromatic carbocycles. The number of alkyl halides is 1. The van der Waals surface area contributed by atoms with E-state index in [1.807, 2.05) is 24.3 Å². The molecule has 1 aromatic heterocycles. The molecule has 2 saturated heterocycles. The van der Waals surface area contributed by atoms with Gasteiger partial charge in [0.2, 0.25) is 5.91 Å². The first kappa shape index (κ1) is 20.2. The van der Waals surface area contributed by atoms with Crippen molar-refractivity contribution in [2.45, 2.75) is 31.1 Å². The number of hydrogen-bond donors (Lipinski definition) is 1. The molecule has 0 spiro atoms. The van der Waals surface area contributed by atoms with E-state index in [1.54, 1.807) is 11.1 Å². The molecule has 7 nitrogen and oxygen atoms in total. The molecule has 156 valence electrons. The van der Waals surface area contributed by atoms with Gasteiger partial charge in [-0.1, -0.05) is 6.07 Å². The fourth-order valence-electron chi connectivity index (χ4n) is 4.42. The third-order valence-electron chi connectivity index (χ3n) is 5.87. The van der Waals surface area contributed by atoms with Gasteiger partial charge in [0.15, 0.2) is 0 Å². The number of carbonyl (C=O) groups is 1. The topological polar surface area (TPSA) is 84.6 Å². The molecule has 1 amide bonds. The number of nitrogens with zero attached hydrogens (tertiary/aromatic N) is 5. The number of hydrogen-bond acceptors (Lipinski definition) is 6. The Kier molecular flexibility index (Phi) is 5.91. The average molecular weight is 408 g/mol. The number of nitriles is 1. The van der Waals surface area contributed by atoms with E-state index >= 15 is 0 Å². The number of anilines is 1. The first-order chi connectivity index (χ1) is 14.6. The van der Waals surface area contributed by atoms with Gasteiger partial charge in [-0.15, -0.1) is 0 Å². The molecule has 1 N–H and O–H groups in total. The number of rotatable bonds is 6. The Morgan fingerprint density at radius 3 is 3.10 bits per heavy atom. The fourth-order valence-corrected chi connectivity index (χ4v) is 4.42. The number of aliphatic imine (C=N–C) groups is 1. The van der Waals surface area contributed by atoms with Gasteiger partial charge < -0.3 is 10.2 Å². The van der Waals surface area contributed by atoms with E-state index in [1.165, 1.54) is 0 Å². The van der Waals surface area contributed by atoms with Gasteiger partial charge in [0.25, 0.3) is 0 Å². The number of pyridine rings is 1. The highest BCUT2D eigenvalue weighted by Gasteiger charge is 2.36. The molecule has 3 heterocycles. The summed E-state index contributed by atoms with van der Waals surface area (Å²) in [5.74, 6) is -0.0440. The van der Waals surface area contributed by atoms with Gasteiger partial charge in [-0.3, -0.25) is 19.7 Å². The summed E-state index contributed by atoms with van der Waals surface area (Å²) in [6.07, 6.45) is 1.84. The maximum atomic E-state index is 13.8. The van der Waals surface area contributed by atoms with Crippen LogP contribution in [0.1, 0.15) is 18.4 Å². The Balaban J connectivity index is 1.38. The molecular weight excluding hydrogens is 383 g/mol. The second kappa shape index (κ2) is 8.76. The minimum Gasteiger partial charge on any atom is -0.380 e. The van der Waals surface area contributed by atoms with Crippen molar-refractivity contribution in [3.8, 4) is 6.07 Å². The maximum Gasteiger partial charge on any atom is 0.237 e. The number of fused-ring (bicyclic) bond motifs is 1. The molecule has 0 saturated carbocycles. The van der Waals surface area contributed by atoms with Crippen LogP contribution < -0.4 is 5.32 Å². The summed E-state index contributed by atoms with van der Waals surface area (Å²) in [5.41, 5.74) is 2.30. The van der Waals surface area contributed by atoms with E-state index in [0.29, 0.717) is 18.5 Å². The lowest BCUT2D eigenvalue weighted by molar-refractivity contribution is -0.133. The highest BCUT2D eigenvalue weighted by atomic mass is 19.1. The van der Waals surface area contributed by atoms with Crippen LogP contribution in [0.15, 0.2) is 35.5 Å². The largest absolute Gasteiger partial charge is 0.380 e. The van der Waals surface area contributed by atoms with Gasteiger partial charge in [-0.25, -0.2) is 4.39 Å². The number of amides is 1. The fraction of sp³-hybridized carbons (Fsp3) is 0.455. The van der Waals surface area contributed by atoms with Crippen LogP contribution in [0.2, 0.25) is 0 Å². The zero-order chi connectivity index (χ0) is 21.1. The van der Waals surface area contributed by atoms with Gasteiger partial charge in [0.05, 0.1) is 36.8 Å². The summed E-state index contributed by atoms with van der Waals surface area (Å²) in [6, 6.07) is 9.82. The number of halogens is 1. The number of carbonyl (C=O) groups excluding carboxylic acids is 1. The monoisotopic (exact) mass is 408 g/mol. The summed E-state index contributed by atoms with van der Waals surface area (Å²) in [7, 11) is 0. The Hall–Kier alpha value is -3.05. The summed E-state index contributed by atoms with van der Waals surface area (Å²) >= 11 is 0. The van der Waals surface area contributed by atoms with Crippen LogP contribution >= 0.6 is 0 Å². The van der Waals surface area contributed by atoms with Crippen LogP contribution in [0.5, 0.6) is 0 Å². The van der Waals surface area contributed by atoms with Crippen LogP contribution in [0.25, 0.3) is 10.9 Å². The number of aromatic nitrogens is 1. The molecule has 0 unspecified atom stereocenters. The molecule has 4 rings (SSSR count). The Morgan fingerprint density at radius 2 is 2.30 bits per heavy atom. The van der Waals surface area contributed by atoms with Crippen molar-refractivity contribution in [3.63, 3.8) is 0 Å². The summed E-state index contributed by atoms with van der Waals surface area (Å²) < 4.78 is 13.8. The van der Waals surface area contributed by atoms with E-state index in [2.05, 4.69) is 33.0 Å². The highest BCUT2D eigenvalue weighted by molar-refractivity contribution is 5.92. The highest BCUT2D eigenvalue weighted by Crippen LogP contribution is 2.26. The van der Waals surface area contributed by atoms with Crippen LogP contribution in [0, 0.1) is 11.3 Å². The van der Waals surface area contributed by atoms with Crippen LogP contribution in [0.3, 0.4) is 0 Å². The van der Waals surface area contributed by atoms with E-state index in [9.17, 15) is 9.18 Å². The van der Waals surface area contributed by atoms with Crippen LogP contribution in [-0.4, -0.2) is 78.4 Å². The standard InChI is InChI=1S/C22H25FN6O/c1-25-11-18-8-16(23)12-29(18)22(30)14-28-6-5-17(13-28)27-21-4-2-3-20-19(21)7-15(9-24)10-26-20/h2-4,7,10,16-18,27H,1,5-6,8,11-14H2/t16-,17-,18-/m0/s1. The second-order valence-corrected chi connectivity index (χ2v) is 8.01. The minimum atomic E-state index is -0.980. The van der Waals surface area contributed by atoms with Crippen molar-refractivity contribution in [1.82, 2.24) is 14.8 Å². The van der Waals surface area contributed by atoms with Gasteiger partial charge in [-0.2, -0.15) is 5.26 Å². The van der Waals surface area contributed by atoms with Crippen LogP contribution in [0.4, 0.5) is 10.1 Å². The molecule has 0 radical (unpaired) electrons. The van der Waals surface area contributed by atoms with E-state index in [-0.39, 0.29) is 31.1 Å². The van der Waals surface area contributed by atoms with Crippen molar-refractivity contribution in [3.05, 3.63) is 36.0 Å². The molecule has 0 aliphatic carbocycles. The molecule has 0 bridgehead atoms. The Labute approximate surface area is 175 Å². The third-order valence-corrected chi connectivity index (χ3v) is 5.87. The molecule has 8 heteroatoms. The number of benzene rings is 1. The Morgan fingerprint density at radius 1 is 1.43 bits per heavy atom. The third kappa shape index (κ3) is 4.26. The molecule has 2 aliphatic rings. The predicted molar refractivity (Wildman–Crippen MR) is 114 cm³/mol. The summed E-state index contributed by atoms with van der Waals surface area (Å²) in [5, 5.41) is 13.6. The molecule has 2 aromatic rings. The van der Waals surface area contributed by atoms with Gasteiger partial charge in [-0.05, 0) is 31.3 Å². The molecule has 3 atom stereocenters. The summed E-state index contributed by atoms with van der Waals surface area (Å²) in [4.78, 5) is 24.7. The quantitative estimate of drug-likeness (QED) is 0.741. The smallest absolute Gasteiger partial charge is 0.237 e. The van der Waals surface area contributed by atoms with Crippen molar-refractivity contribution < 1.29 is 9.18 Å². The van der Waals surface area contributed by atoms with Crippen molar-refractivity contribution in [1.29, 1.82) is 5.26 Å². The summed E-state index contributed by atoms with van der Waals surface area (Å²) in [6.45, 7) is 5.83. The first-order valence-corrected chi connectivity index (χ1v) is 10.2. The van der Waals surface area contributed by atoms with E-state index in [0.717, 1.165) is 36.1 Å². The lowest BCUT2D eigenvalue weighted by atomic mass is 10.1. The maximum absolute atomic E-state index is 13.8. The van der Waals surface area contributed by atoms with Crippen LogP contribution in [-0.2, 0) is 4.79 Å². The molecule has 30 heavy (non-hydrogen) atoms. The minimum absolute atomic E-state index is 0.0440. The van der Waals surface area contributed by atoms with Gasteiger partial charge >= 0.3 is 0 Å². The normalized spacial score (nSPS) is 24.1. The Bertz CT molecular complexity index is 989. The SMILES string of the molecule is C=NC[C@@H]1C[C@H](F)CN1C(=O)CN1CC[C@H](Nc2cccc3ncc(C#N)cc23)C1. The van der Waals surface area contributed by atoms with Crippen molar-refractivity contribution in [2.24, 2.45) is 4.99 Å². The zero-order valence-corrected chi connectivity index (χ0v) is 16.8. The van der Waals surface area contributed by atoms with Gasteiger partial charge in [0.1, 0.15) is 12.2 Å². The lowest BCUT2D eigenvalue weighted by Crippen LogP contribution is -2.43. The average Bonchev–Trinajstić information content (AvgIpc) is 3.34. The van der Waals surface area contributed by atoms with E-state index in [4.69, 9.17) is 5.26 Å². The first-order valence-electron chi connectivity index (χ1n) is 10.2. The number of likely N-dealkylation sites (tertiary alicyclic amines) is 2. The predicted octanol–water partition coefficient (Wildman–Crippen LogP) is 2.23. The van der Waals surface area contributed by atoms with Crippen molar-refractivity contribution in [2.75, 3.05) is 38.0 Å².